The largest absolute Gasteiger partial charge is 0.457 e. The molecule has 0 radical (unpaired) electrons. The molecular formula is C27H27NO2. The molecule has 152 valence electrons. The summed E-state index contributed by atoms with van der Waals surface area (Å²) in [5, 5.41) is 0. The average Bonchev–Trinajstić information content (AvgIpc) is 3.02. The Morgan fingerprint density at radius 1 is 0.767 bits per heavy atom. The van der Waals surface area contributed by atoms with Crippen molar-refractivity contribution in [2.45, 2.75) is 44.3 Å². The summed E-state index contributed by atoms with van der Waals surface area (Å²) in [4.78, 5) is 15.8. The Morgan fingerprint density at radius 2 is 1.33 bits per heavy atom. The average molecular weight is 398 g/mol. The van der Waals surface area contributed by atoms with Crippen LogP contribution in [0.15, 0.2) is 84.9 Å². The molecule has 0 spiro atoms. The van der Waals surface area contributed by atoms with Crippen LogP contribution in [-0.2, 0) is 6.54 Å². The van der Waals surface area contributed by atoms with E-state index in [1.54, 1.807) is 0 Å². The zero-order chi connectivity index (χ0) is 20.3. The van der Waals surface area contributed by atoms with Crippen LogP contribution in [0.4, 0.5) is 0 Å². The Labute approximate surface area is 178 Å². The van der Waals surface area contributed by atoms with Gasteiger partial charge in [-0.3, -0.25) is 9.69 Å². The number of fused-ring (bicyclic) bond motifs is 2. The molecule has 0 saturated carbocycles. The van der Waals surface area contributed by atoms with Crippen LogP contribution >= 0.6 is 0 Å². The van der Waals surface area contributed by atoms with Gasteiger partial charge in [-0.2, -0.15) is 0 Å². The van der Waals surface area contributed by atoms with Crippen molar-refractivity contribution in [1.29, 1.82) is 0 Å². The van der Waals surface area contributed by atoms with E-state index < -0.39 is 0 Å². The molecule has 3 aromatic rings. The van der Waals surface area contributed by atoms with Crippen LogP contribution in [-0.4, -0.2) is 22.8 Å². The quantitative estimate of drug-likeness (QED) is 0.470. The van der Waals surface area contributed by atoms with Crippen molar-refractivity contribution in [1.82, 2.24) is 4.90 Å². The van der Waals surface area contributed by atoms with Crippen LogP contribution < -0.4 is 4.74 Å². The number of carbonyl (C=O) groups excluding carboxylic acids is 1. The third kappa shape index (κ3) is 4.03. The SMILES string of the molecule is O=C(c1ccc(Oc2ccccc2)cc1)C1CC2CCC(C1)N2Cc1ccccc1. The standard InChI is InChI=1S/C27H27NO2/c29-27(21-11-15-26(16-12-21)30-25-9-5-2-6-10-25)22-17-23-13-14-24(18-22)28(23)19-20-7-3-1-4-8-20/h1-12,15-16,22-24H,13-14,17-19H2. The highest BCUT2D eigenvalue weighted by Crippen LogP contribution is 2.40. The van der Waals surface area contributed by atoms with Crippen molar-refractivity contribution in [2.24, 2.45) is 5.92 Å². The first-order chi connectivity index (χ1) is 14.8. The molecule has 2 fully saturated rings. The Kier molecular flexibility index (Phi) is 5.37. The first kappa shape index (κ1) is 19.1. The predicted molar refractivity (Wildman–Crippen MR) is 119 cm³/mol. The van der Waals surface area contributed by atoms with Gasteiger partial charge >= 0.3 is 0 Å². The summed E-state index contributed by atoms with van der Waals surface area (Å²) in [5.41, 5.74) is 2.17. The summed E-state index contributed by atoms with van der Waals surface area (Å²) in [6.45, 7) is 1.00. The molecule has 3 aromatic carbocycles. The van der Waals surface area contributed by atoms with Gasteiger partial charge in [0.2, 0.25) is 0 Å². The van der Waals surface area contributed by atoms with Crippen LogP contribution in [0, 0.1) is 5.92 Å². The Bertz CT molecular complexity index is 970. The van der Waals surface area contributed by atoms with Crippen molar-refractivity contribution in [3.8, 4) is 11.5 Å². The summed E-state index contributed by atoms with van der Waals surface area (Å²) < 4.78 is 5.86. The van der Waals surface area contributed by atoms with Gasteiger partial charge in [-0.1, -0.05) is 48.5 Å². The van der Waals surface area contributed by atoms with E-state index in [1.165, 1.54) is 18.4 Å². The lowest BCUT2D eigenvalue weighted by molar-refractivity contribution is 0.0678. The first-order valence-electron chi connectivity index (χ1n) is 10.9. The van der Waals surface area contributed by atoms with E-state index in [4.69, 9.17) is 4.74 Å². The molecule has 0 amide bonds. The van der Waals surface area contributed by atoms with E-state index in [0.29, 0.717) is 12.1 Å². The first-order valence-corrected chi connectivity index (χ1v) is 10.9. The van der Waals surface area contributed by atoms with Gasteiger partial charge in [0.05, 0.1) is 0 Å². The van der Waals surface area contributed by atoms with Gasteiger partial charge in [-0.05, 0) is 67.6 Å². The number of piperidine rings is 1. The number of benzene rings is 3. The highest BCUT2D eigenvalue weighted by atomic mass is 16.5. The molecule has 2 atom stereocenters. The number of ether oxygens (including phenoxy) is 1. The second-order valence-corrected chi connectivity index (χ2v) is 8.52. The molecule has 2 unspecified atom stereocenters. The van der Waals surface area contributed by atoms with Gasteiger partial charge < -0.3 is 4.74 Å². The smallest absolute Gasteiger partial charge is 0.166 e. The summed E-state index contributed by atoms with van der Waals surface area (Å²) in [7, 11) is 0. The van der Waals surface area contributed by atoms with Gasteiger partial charge in [0, 0.05) is 30.1 Å². The minimum atomic E-state index is 0.135. The number of nitrogens with zero attached hydrogens (tertiary/aromatic N) is 1. The molecule has 30 heavy (non-hydrogen) atoms. The van der Waals surface area contributed by atoms with E-state index >= 15 is 0 Å². The fourth-order valence-electron chi connectivity index (χ4n) is 5.09. The summed E-state index contributed by atoms with van der Waals surface area (Å²) in [6, 6.07) is 29.1. The lowest BCUT2D eigenvalue weighted by Crippen LogP contribution is -2.44. The molecule has 0 aromatic heterocycles. The van der Waals surface area contributed by atoms with E-state index in [0.717, 1.165) is 36.4 Å². The highest BCUT2D eigenvalue weighted by Gasteiger charge is 2.42. The van der Waals surface area contributed by atoms with E-state index in [1.807, 2.05) is 54.6 Å². The lowest BCUT2D eigenvalue weighted by atomic mass is 9.84. The molecule has 0 N–H and O–H groups in total. The molecule has 2 heterocycles. The number of ketones is 1. The fraction of sp³-hybridized carbons (Fsp3) is 0.296. The number of rotatable bonds is 6. The van der Waals surface area contributed by atoms with Gasteiger partial charge in [0.1, 0.15) is 11.5 Å². The monoisotopic (exact) mass is 397 g/mol. The van der Waals surface area contributed by atoms with Crippen LogP contribution in [0.25, 0.3) is 0 Å². The van der Waals surface area contributed by atoms with Gasteiger partial charge in [0.15, 0.2) is 5.78 Å². The van der Waals surface area contributed by atoms with Gasteiger partial charge in [-0.25, -0.2) is 0 Å². The molecule has 2 aliphatic rings. The van der Waals surface area contributed by atoms with Crippen LogP contribution in [0.5, 0.6) is 11.5 Å². The van der Waals surface area contributed by atoms with E-state index in [9.17, 15) is 4.79 Å². The van der Waals surface area contributed by atoms with Crippen molar-refractivity contribution >= 4 is 5.78 Å². The Balaban J connectivity index is 1.23. The second-order valence-electron chi connectivity index (χ2n) is 8.52. The molecular weight excluding hydrogens is 370 g/mol. The van der Waals surface area contributed by atoms with Gasteiger partial charge in [-0.15, -0.1) is 0 Å². The van der Waals surface area contributed by atoms with Crippen LogP contribution in [0.2, 0.25) is 0 Å². The maximum atomic E-state index is 13.2. The minimum absolute atomic E-state index is 0.135. The molecule has 5 rings (SSSR count). The van der Waals surface area contributed by atoms with Crippen molar-refractivity contribution in [2.75, 3.05) is 0 Å². The van der Waals surface area contributed by atoms with Crippen LogP contribution in [0.3, 0.4) is 0 Å². The highest BCUT2D eigenvalue weighted by molar-refractivity contribution is 5.98. The predicted octanol–water partition coefficient (Wildman–Crippen LogP) is 6.10. The number of hydrogen-bond acceptors (Lipinski definition) is 3. The van der Waals surface area contributed by atoms with Crippen LogP contribution in [0.1, 0.15) is 41.6 Å². The summed E-state index contributed by atoms with van der Waals surface area (Å²) in [6.07, 6.45) is 4.38. The fourth-order valence-corrected chi connectivity index (χ4v) is 5.09. The molecule has 2 saturated heterocycles. The molecule has 0 aliphatic carbocycles. The zero-order valence-corrected chi connectivity index (χ0v) is 17.1. The molecule has 3 nitrogen and oxygen atoms in total. The summed E-state index contributed by atoms with van der Waals surface area (Å²) in [5.74, 6) is 1.99. The molecule has 3 heteroatoms. The van der Waals surface area contributed by atoms with E-state index in [-0.39, 0.29) is 11.7 Å². The topological polar surface area (TPSA) is 29.5 Å². The van der Waals surface area contributed by atoms with E-state index in [2.05, 4.69) is 35.2 Å². The van der Waals surface area contributed by atoms with Crippen molar-refractivity contribution in [3.63, 3.8) is 0 Å². The zero-order valence-electron chi connectivity index (χ0n) is 17.1. The third-order valence-electron chi connectivity index (χ3n) is 6.58. The number of carbonyl (C=O) groups is 1. The van der Waals surface area contributed by atoms with Gasteiger partial charge in [0.25, 0.3) is 0 Å². The number of hydrogen-bond donors (Lipinski definition) is 0. The normalized spacial score (nSPS) is 23.3. The Morgan fingerprint density at radius 3 is 1.97 bits per heavy atom. The second kappa shape index (κ2) is 8.45. The lowest BCUT2D eigenvalue weighted by Gasteiger charge is -2.38. The van der Waals surface area contributed by atoms with Crippen molar-refractivity contribution < 1.29 is 9.53 Å². The number of para-hydroxylation sites is 1. The summed E-state index contributed by atoms with van der Waals surface area (Å²) >= 11 is 0. The molecule has 2 bridgehead atoms. The Hall–Kier alpha value is -2.91. The maximum absolute atomic E-state index is 13.2. The number of Topliss-reactive ketones (excluding diaryl/α,β-unsaturated/α-hetero) is 1. The third-order valence-corrected chi connectivity index (χ3v) is 6.58. The minimum Gasteiger partial charge on any atom is -0.457 e. The van der Waals surface area contributed by atoms with Crippen molar-refractivity contribution in [3.05, 3.63) is 96.1 Å². The maximum Gasteiger partial charge on any atom is 0.166 e. The molecule has 2 aliphatic heterocycles.